The van der Waals surface area contributed by atoms with E-state index in [0.717, 1.165) is 22.9 Å². The minimum atomic E-state index is -1.04. The number of carboxylic acids is 1. The number of halogens is 1. The quantitative estimate of drug-likeness (QED) is 0.899. The smallest absolute Gasteiger partial charge is 0.329 e. The van der Waals surface area contributed by atoms with Gasteiger partial charge in [-0.2, -0.15) is 0 Å². The first kappa shape index (κ1) is 16.0. The molecule has 1 amide bonds. The fraction of sp³-hybridized carbons (Fsp3) is 0.500. The highest BCUT2D eigenvalue weighted by Crippen LogP contribution is 2.35. The van der Waals surface area contributed by atoms with E-state index in [4.69, 9.17) is 0 Å². The van der Waals surface area contributed by atoms with Crippen LogP contribution in [0.2, 0.25) is 0 Å². The van der Waals surface area contributed by atoms with Crippen molar-refractivity contribution in [1.82, 2.24) is 4.90 Å². The molecule has 2 rings (SSSR count). The van der Waals surface area contributed by atoms with Gasteiger partial charge >= 0.3 is 5.97 Å². The molecule has 0 radical (unpaired) electrons. The van der Waals surface area contributed by atoms with Crippen molar-refractivity contribution in [3.8, 4) is 0 Å². The predicted molar refractivity (Wildman–Crippen MR) is 84.4 cm³/mol. The van der Waals surface area contributed by atoms with Crippen molar-refractivity contribution >= 4 is 27.8 Å². The Balaban J connectivity index is 2.41. The zero-order chi connectivity index (χ0) is 15.6. The Morgan fingerprint density at radius 2 is 2.14 bits per heavy atom. The van der Waals surface area contributed by atoms with Crippen LogP contribution in [0.5, 0.6) is 0 Å². The van der Waals surface area contributed by atoms with Gasteiger partial charge in [0, 0.05) is 16.6 Å². The number of carbonyl (C=O) groups is 2. The number of nitrogens with zero attached hydrogens (tertiary/aromatic N) is 1. The molecule has 1 aromatic rings. The molecule has 4 nitrogen and oxygen atoms in total. The van der Waals surface area contributed by atoms with Gasteiger partial charge in [-0.05, 0) is 43.9 Å². The van der Waals surface area contributed by atoms with Crippen molar-refractivity contribution in [2.45, 2.75) is 45.1 Å². The zero-order valence-corrected chi connectivity index (χ0v) is 13.9. The Morgan fingerprint density at radius 1 is 1.43 bits per heavy atom. The first-order chi connectivity index (χ1) is 9.92. The van der Waals surface area contributed by atoms with Gasteiger partial charge in [-0.3, -0.25) is 4.79 Å². The summed E-state index contributed by atoms with van der Waals surface area (Å²) in [6, 6.07) is 5.52. The average molecular weight is 354 g/mol. The number of carbonyl (C=O) groups excluding carboxylic acids is 1. The van der Waals surface area contributed by atoms with E-state index in [1.165, 1.54) is 0 Å². The second kappa shape index (κ2) is 6.18. The maximum Gasteiger partial charge on any atom is 0.329 e. The van der Waals surface area contributed by atoms with E-state index >= 15 is 0 Å². The molecule has 0 saturated carbocycles. The number of rotatable bonds is 4. The third kappa shape index (κ3) is 2.84. The molecule has 1 fully saturated rings. The second-order valence-corrected chi connectivity index (χ2v) is 6.52. The number of likely N-dealkylation sites (tertiary alicyclic amines) is 1. The van der Waals surface area contributed by atoms with Gasteiger partial charge in [0.1, 0.15) is 5.54 Å². The van der Waals surface area contributed by atoms with E-state index in [9.17, 15) is 14.7 Å². The van der Waals surface area contributed by atoms with E-state index in [2.05, 4.69) is 15.9 Å². The van der Waals surface area contributed by atoms with Gasteiger partial charge in [0.05, 0.1) is 0 Å². The molecule has 1 aliphatic heterocycles. The Kier molecular flexibility index (Phi) is 4.71. The normalized spacial score (nSPS) is 21.6. The molecular formula is C16H20BrNO3. The molecule has 1 atom stereocenters. The van der Waals surface area contributed by atoms with E-state index in [-0.39, 0.29) is 5.91 Å². The average Bonchev–Trinajstić information content (AvgIpc) is 2.86. The van der Waals surface area contributed by atoms with Gasteiger partial charge in [0.2, 0.25) is 0 Å². The summed E-state index contributed by atoms with van der Waals surface area (Å²) >= 11 is 3.37. The van der Waals surface area contributed by atoms with Gasteiger partial charge in [0.25, 0.3) is 5.91 Å². The Morgan fingerprint density at radius 3 is 2.76 bits per heavy atom. The third-order valence-electron chi connectivity index (χ3n) is 4.23. The van der Waals surface area contributed by atoms with Crippen LogP contribution in [0.25, 0.3) is 0 Å². The maximum atomic E-state index is 12.9. The largest absolute Gasteiger partial charge is 0.479 e. The monoisotopic (exact) mass is 353 g/mol. The van der Waals surface area contributed by atoms with Gasteiger partial charge in [-0.25, -0.2) is 4.79 Å². The lowest BCUT2D eigenvalue weighted by atomic mass is 9.90. The molecule has 0 aromatic heterocycles. The summed E-state index contributed by atoms with van der Waals surface area (Å²) in [6.45, 7) is 4.34. The van der Waals surface area contributed by atoms with E-state index in [1.807, 2.05) is 26.0 Å². The third-order valence-corrected chi connectivity index (χ3v) is 4.72. The Hall–Kier alpha value is -1.36. The number of aliphatic carboxylic acids is 1. The standard InChI is InChI=1S/C16H20BrNO3/c1-3-7-16(15(20)21)8-4-9-18(16)14(19)13-10-12(17)6-5-11(13)2/h5-6,10H,3-4,7-9H2,1-2H3,(H,20,21). The fourth-order valence-electron chi connectivity index (χ4n) is 3.15. The first-order valence-corrected chi connectivity index (χ1v) is 8.03. The van der Waals surface area contributed by atoms with Crippen LogP contribution in [-0.4, -0.2) is 34.0 Å². The molecule has 1 unspecified atom stereocenters. The van der Waals surface area contributed by atoms with E-state index in [1.54, 1.807) is 11.0 Å². The molecule has 1 aromatic carbocycles. The number of amides is 1. The van der Waals surface area contributed by atoms with Crippen LogP contribution in [0.4, 0.5) is 0 Å². The molecule has 1 saturated heterocycles. The molecule has 1 N–H and O–H groups in total. The zero-order valence-electron chi connectivity index (χ0n) is 12.4. The molecule has 0 bridgehead atoms. The number of hydrogen-bond acceptors (Lipinski definition) is 2. The first-order valence-electron chi connectivity index (χ1n) is 7.24. The molecule has 1 heterocycles. The van der Waals surface area contributed by atoms with Crippen LogP contribution in [0, 0.1) is 6.92 Å². The summed E-state index contributed by atoms with van der Waals surface area (Å²) in [7, 11) is 0. The number of aryl methyl sites for hydroxylation is 1. The number of benzene rings is 1. The number of hydrogen-bond donors (Lipinski definition) is 1. The van der Waals surface area contributed by atoms with Gasteiger partial charge < -0.3 is 10.0 Å². The van der Waals surface area contributed by atoms with Crippen molar-refractivity contribution in [3.63, 3.8) is 0 Å². The lowest BCUT2D eigenvalue weighted by Gasteiger charge is -2.35. The van der Waals surface area contributed by atoms with Crippen LogP contribution >= 0.6 is 15.9 Å². The van der Waals surface area contributed by atoms with Crippen LogP contribution < -0.4 is 0 Å². The van der Waals surface area contributed by atoms with E-state index < -0.39 is 11.5 Å². The fourth-order valence-corrected chi connectivity index (χ4v) is 3.51. The molecule has 0 aliphatic carbocycles. The molecule has 1 aliphatic rings. The lowest BCUT2D eigenvalue weighted by Crippen LogP contribution is -2.53. The van der Waals surface area contributed by atoms with Gasteiger partial charge in [-0.1, -0.05) is 35.3 Å². The minimum absolute atomic E-state index is 0.179. The summed E-state index contributed by atoms with van der Waals surface area (Å²) in [5.74, 6) is -1.06. The Labute approximate surface area is 133 Å². The highest BCUT2D eigenvalue weighted by Gasteiger charge is 2.49. The summed E-state index contributed by atoms with van der Waals surface area (Å²) < 4.78 is 0.826. The molecule has 5 heteroatoms. The lowest BCUT2D eigenvalue weighted by molar-refractivity contribution is -0.148. The van der Waals surface area contributed by atoms with Crippen LogP contribution in [0.1, 0.15) is 48.5 Å². The summed E-state index contributed by atoms with van der Waals surface area (Å²) in [5.41, 5.74) is 0.402. The minimum Gasteiger partial charge on any atom is -0.479 e. The van der Waals surface area contributed by atoms with Crippen molar-refractivity contribution < 1.29 is 14.7 Å². The molecule has 114 valence electrons. The van der Waals surface area contributed by atoms with Crippen LogP contribution in [0.3, 0.4) is 0 Å². The molecule has 21 heavy (non-hydrogen) atoms. The predicted octanol–water partition coefficient (Wildman–Crippen LogP) is 3.62. The van der Waals surface area contributed by atoms with Gasteiger partial charge in [-0.15, -0.1) is 0 Å². The number of carboxylic acid groups (broad SMARTS) is 1. The molecular weight excluding hydrogens is 334 g/mol. The van der Waals surface area contributed by atoms with Crippen molar-refractivity contribution in [1.29, 1.82) is 0 Å². The van der Waals surface area contributed by atoms with Gasteiger partial charge in [0.15, 0.2) is 0 Å². The van der Waals surface area contributed by atoms with Crippen molar-refractivity contribution in [3.05, 3.63) is 33.8 Å². The van der Waals surface area contributed by atoms with Crippen molar-refractivity contribution in [2.24, 2.45) is 0 Å². The maximum absolute atomic E-state index is 12.9. The Bertz CT molecular complexity index is 573. The van der Waals surface area contributed by atoms with E-state index in [0.29, 0.717) is 24.9 Å². The highest BCUT2D eigenvalue weighted by molar-refractivity contribution is 9.10. The van der Waals surface area contributed by atoms with Crippen molar-refractivity contribution in [2.75, 3.05) is 6.54 Å². The summed E-state index contributed by atoms with van der Waals surface area (Å²) in [6.07, 6.45) is 2.52. The van der Waals surface area contributed by atoms with Crippen LogP contribution in [0.15, 0.2) is 22.7 Å². The summed E-state index contributed by atoms with van der Waals surface area (Å²) in [4.78, 5) is 26.2. The highest BCUT2D eigenvalue weighted by atomic mass is 79.9. The second-order valence-electron chi connectivity index (χ2n) is 5.61. The molecule has 0 spiro atoms. The topological polar surface area (TPSA) is 57.6 Å². The van der Waals surface area contributed by atoms with Crippen LogP contribution in [-0.2, 0) is 4.79 Å². The SMILES string of the molecule is CCCC1(C(=O)O)CCCN1C(=O)c1cc(Br)ccc1C. The summed E-state index contributed by atoms with van der Waals surface area (Å²) in [5, 5.41) is 9.68.